The van der Waals surface area contributed by atoms with E-state index in [0.717, 1.165) is 21.9 Å². The minimum Gasteiger partial charge on any atom is -0.455 e. The molecular formula is C52H32O. The molecule has 0 saturated carbocycles. The Bertz CT molecular complexity index is 3090. The summed E-state index contributed by atoms with van der Waals surface area (Å²) >= 11 is 0. The van der Waals surface area contributed by atoms with E-state index in [2.05, 4.69) is 194 Å². The number of hydrogen-bond donors (Lipinski definition) is 0. The van der Waals surface area contributed by atoms with Crippen LogP contribution in [-0.4, -0.2) is 0 Å². The number of fused-ring (bicyclic) bond motifs is 9. The van der Waals surface area contributed by atoms with E-state index in [1.54, 1.807) is 0 Å². The Morgan fingerprint density at radius 2 is 0.811 bits per heavy atom. The van der Waals surface area contributed by atoms with Gasteiger partial charge in [-0.2, -0.15) is 0 Å². The highest BCUT2D eigenvalue weighted by atomic mass is 16.3. The van der Waals surface area contributed by atoms with Crippen molar-refractivity contribution in [1.29, 1.82) is 0 Å². The second-order valence-corrected chi connectivity index (χ2v) is 13.9. The summed E-state index contributed by atoms with van der Waals surface area (Å²) in [6.07, 6.45) is 0. The number of furan rings is 1. The Balaban J connectivity index is 1.21. The topological polar surface area (TPSA) is 13.1 Å². The number of rotatable bonds is 4. The minimum atomic E-state index is 0.920. The van der Waals surface area contributed by atoms with Crippen molar-refractivity contribution in [1.82, 2.24) is 0 Å². The molecule has 0 aliphatic rings. The van der Waals surface area contributed by atoms with Gasteiger partial charge in [-0.3, -0.25) is 0 Å². The first-order valence-electron chi connectivity index (χ1n) is 18.3. The summed E-state index contributed by atoms with van der Waals surface area (Å²) < 4.78 is 6.54. The first kappa shape index (κ1) is 29.7. The normalized spacial score (nSPS) is 11.8. The summed E-state index contributed by atoms with van der Waals surface area (Å²) in [6, 6.07) is 70.6. The third-order valence-electron chi connectivity index (χ3n) is 11.0. The van der Waals surface area contributed by atoms with Gasteiger partial charge in [-0.25, -0.2) is 0 Å². The van der Waals surface area contributed by atoms with Gasteiger partial charge in [0.25, 0.3) is 0 Å². The van der Waals surface area contributed by atoms with Crippen LogP contribution in [0.1, 0.15) is 0 Å². The van der Waals surface area contributed by atoms with Gasteiger partial charge < -0.3 is 4.42 Å². The van der Waals surface area contributed by atoms with Gasteiger partial charge >= 0.3 is 0 Å². The molecule has 0 radical (unpaired) electrons. The molecule has 0 saturated heterocycles. The summed E-state index contributed by atoms with van der Waals surface area (Å²) in [5, 5.41) is 12.0. The zero-order valence-corrected chi connectivity index (χ0v) is 28.9. The molecule has 0 amide bonds. The van der Waals surface area contributed by atoms with Crippen molar-refractivity contribution in [3.8, 4) is 44.5 Å². The van der Waals surface area contributed by atoms with Crippen molar-refractivity contribution in [2.45, 2.75) is 0 Å². The molecule has 0 spiro atoms. The highest BCUT2D eigenvalue weighted by molar-refractivity contribution is 6.26. The van der Waals surface area contributed by atoms with Crippen LogP contribution >= 0.6 is 0 Å². The smallest absolute Gasteiger partial charge is 0.143 e. The molecule has 0 fully saturated rings. The van der Waals surface area contributed by atoms with Crippen LogP contribution in [0.4, 0.5) is 0 Å². The maximum Gasteiger partial charge on any atom is 0.143 e. The van der Waals surface area contributed by atoms with E-state index < -0.39 is 0 Å². The van der Waals surface area contributed by atoms with Crippen LogP contribution in [0.5, 0.6) is 0 Å². The molecular weight excluding hydrogens is 641 g/mol. The monoisotopic (exact) mass is 672 g/mol. The maximum absolute atomic E-state index is 6.54. The Kier molecular flexibility index (Phi) is 6.62. The molecule has 11 aromatic rings. The maximum atomic E-state index is 6.54. The second-order valence-electron chi connectivity index (χ2n) is 13.9. The fraction of sp³-hybridized carbons (Fsp3) is 0. The second kappa shape index (κ2) is 11.8. The van der Waals surface area contributed by atoms with Crippen molar-refractivity contribution in [2.75, 3.05) is 0 Å². The highest BCUT2D eigenvalue weighted by Crippen LogP contribution is 2.49. The lowest BCUT2D eigenvalue weighted by atomic mass is 9.81. The number of hydrogen-bond acceptors (Lipinski definition) is 1. The van der Waals surface area contributed by atoms with E-state index in [0.29, 0.717) is 0 Å². The Hall–Kier alpha value is -6.96. The third-order valence-corrected chi connectivity index (χ3v) is 11.0. The fourth-order valence-corrected chi connectivity index (χ4v) is 8.73. The lowest BCUT2D eigenvalue weighted by Crippen LogP contribution is -1.95. The molecule has 11 rings (SSSR count). The predicted molar refractivity (Wildman–Crippen MR) is 225 cm³/mol. The lowest BCUT2D eigenvalue weighted by molar-refractivity contribution is 0.673. The Morgan fingerprint density at radius 1 is 0.283 bits per heavy atom. The summed E-state index contributed by atoms with van der Waals surface area (Å²) in [7, 11) is 0. The average Bonchev–Trinajstić information content (AvgIpc) is 3.63. The van der Waals surface area contributed by atoms with E-state index >= 15 is 0 Å². The first-order valence-corrected chi connectivity index (χ1v) is 18.3. The summed E-state index contributed by atoms with van der Waals surface area (Å²) in [4.78, 5) is 0. The van der Waals surface area contributed by atoms with Crippen molar-refractivity contribution in [3.05, 3.63) is 194 Å². The van der Waals surface area contributed by atoms with Gasteiger partial charge in [0.2, 0.25) is 0 Å². The van der Waals surface area contributed by atoms with E-state index in [-0.39, 0.29) is 0 Å². The molecule has 0 aliphatic carbocycles. The summed E-state index contributed by atoms with van der Waals surface area (Å²) in [5.74, 6) is 0. The van der Waals surface area contributed by atoms with Gasteiger partial charge in [0.15, 0.2) is 0 Å². The van der Waals surface area contributed by atoms with Crippen LogP contribution < -0.4 is 0 Å². The van der Waals surface area contributed by atoms with Crippen molar-refractivity contribution in [2.24, 2.45) is 0 Å². The van der Waals surface area contributed by atoms with Crippen LogP contribution in [-0.2, 0) is 0 Å². The summed E-state index contributed by atoms with van der Waals surface area (Å²) in [6.45, 7) is 0. The SMILES string of the molecule is c1ccc(-c2cccc(-c3ccccc3)c2-c2c3ccccc3c(-c3ccc4c(ccc5oc6c7ccccc7ccc6c54)c3)c3ccccc23)cc1. The van der Waals surface area contributed by atoms with Crippen LogP contribution in [0.2, 0.25) is 0 Å². The van der Waals surface area contributed by atoms with Gasteiger partial charge in [-0.05, 0) is 100 Å². The fourth-order valence-electron chi connectivity index (χ4n) is 8.73. The largest absolute Gasteiger partial charge is 0.455 e. The molecule has 0 N–H and O–H groups in total. The zero-order chi connectivity index (χ0) is 34.9. The number of benzene rings is 10. The molecule has 10 aromatic carbocycles. The van der Waals surface area contributed by atoms with Crippen molar-refractivity contribution < 1.29 is 4.42 Å². The van der Waals surface area contributed by atoms with Crippen LogP contribution in [0.25, 0.3) is 110 Å². The third kappa shape index (κ3) is 4.58. The van der Waals surface area contributed by atoms with Gasteiger partial charge in [-0.15, -0.1) is 0 Å². The first-order chi connectivity index (χ1) is 26.3. The Morgan fingerprint density at radius 3 is 1.45 bits per heavy atom. The van der Waals surface area contributed by atoms with Crippen molar-refractivity contribution in [3.63, 3.8) is 0 Å². The van der Waals surface area contributed by atoms with E-state index in [1.165, 1.54) is 87.6 Å². The van der Waals surface area contributed by atoms with Gasteiger partial charge in [0.1, 0.15) is 11.2 Å². The average molecular weight is 673 g/mol. The Labute approximate surface area is 307 Å². The molecule has 0 unspecified atom stereocenters. The molecule has 1 heterocycles. The van der Waals surface area contributed by atoms with E-state index in [1.807, 2.05) is 0 Å². The molecule has 1 heteroatoms. The molecule has 0 atom stereocenters. The molecule has 1 aromatic heterocycles. The van der Waals surface area contributed by atoms with Crippen LogP contribution in [0.3, 0.4) is 0 Å². The minimum absolute atomic E-state index is 0.920. The van der Waals surface area contributed by atoms with Gasteiger partial charge in [0, 0.05) is 16.2 Å². The van der Waals surface area contributed by atoms with E-state index in [9.17, 15) is 0 Å². The standard InChI is InChI=1S/C52H32O/c1-3-14-33(15-4-1)38-24-13-25-39(34-16-5-2-6-17-34)50(38)51-44-22-11-9-20-42(44)48(43-21-10-12-23-45(43)51)37-27-29-40-36(32-37)28-31-47-49(40)46-30-26-35-18-7-8-19-41(35)52(46)53-47/h1-32H. The molecule has 1 nitrogen and oxygen atoms in total. The van der Waals surface area contributed by atoms with Crippen molar-refractivity contribution >= 4 is 65.0 Å². The molecule has 0 aliphatic heterocycles. The van der Waals surface area contributed by atoms with Gasteiger partial charge in [0.05, 0.1) is 0 Å². The molecule has 246 valence electrons. The highest BCUT2D eigenvalue weighted by Gasteiger charge is 2.22. The van der Waals surface area contributed by atoms with Gasteiger partial charge in [-0.1, -0.05) is 176 Å². The lowest BCUT2D eigenvalue weighted by Gasteiger charge is -2.22. The molecule has 0 bridgehead atoms. The van der Waals surface area contributed by atoms with Crippen LogP contribution in [0.15, 0.2) is 199 Å². The zero-order valence-electron chi connectivity index (χ0n) is 28.9. The predicted octanol–water partition coefficient (Wildman–Crippen LogP) is 14.9. The molecule has 53 heavy (non-hydrogen) atoms. The van der Waals surface area contributed by atoms with Crippen LogP contribution in [0, 0.1) is 0 Å². The van der Waals surface area contributed by atoms with E-state index in [4.69, 9.17) is 4.42 Å². The quantitative estimate of drug-likeness (QED) is 0.170. The summed E-state index contributed by atoms with van der Waals surface area (Å²) in [5.41, 5.74) is 11.7.